The fourth-order valence-corrected chi connectivity index (χ4v) is 1.54. The minimum atomic E-state index is -0.143. The maximum absolute atomic E-state index is 11.6. The van der Waals surface area contributed by atoms with Gasteiger partial charge in [-0.05, 0) is 37.5 Å². The summed E-state index contributed by atoms with van der Waals surface area (Å²) in [5, 5.41) is 2.83. The first kappa shape index (κ1) is 13.5. The number of benzene rings is 1. The summed E-state index contributed by atoms with van der Waals surface area (Å²) in [4.78, 5) is 11.6. The highest BCUT2D eigenvalue weighted by Crippen LogP contribution is 2.24. The molecule has 0 unspecified atom stereocenters. The van der Waals surface area contributed by atoms with Crippen LogP contribution in [0.1, 0.15) is 24.5 Å². The lowest BCUT2D eigenvalue weighted by Crippen LogP contribution is -2.20. The molecule has 94 valence electrons. The van der Waals surface area contributed by atoms with E-state index in [9.17, 15) is 4.79 Å². The van der Waals surface area contributed by atoms with Crippen LogP contribution in [0.5, 0.6) is 0 Å². The zero-order valence-electron chi connectivity index (χ0n) is 10.7. The summed E-state index contributed by atoms with van der Waals surface area (Å²) in [5.74, 6) is -0.143. The maximum Gasteiger partial charge on any atom is 0.250 e. The normalized spacial score (nSPS) is 10.3. The minimum absolute atomic E-state index is 0.0848. The van der Waals surface area contributed by atoms with Crippen LogP contribution in [0, 0.1) is 13.8 Å². The van der Waals surface area contributed by atoms with Crippen molar-refractivity contribution in [1.82, 2.24) is 0 Å². The molecule has 1 aromatic carbocycles. The second-order valence-electron chi connectivity index (χ2n) is 4.07. The molecule has 3 N–H and O–H groups in total. The van der Waals surface area contributed by atoms with Gasteiger partial charge in [-0.2, -0.15) is 0 Å². The molecule has 4 heteroatoms. The van der Waals surface area contributed by atoms with E-state index in [4.69, 9.17) is 10.5 Å². The van der Waals surface area contributed by atoms with Gasteiger partial charge in [0.15, 0.2) is 0 Å². The van der Waals surface area contributed by atoms with Gasteiger partial charge in [0.05, 0.1) is 0 Å². The molecule has 1 rings (SSSR count). The molecule has 4 nitrogen and oxygen atoms in total. The number of hydrogen-bond acceptors (Lipinski definition) is 3. The summed E-state index contributed by atoms with van der Waals surface area (Å²) in [6.07, 6.45) is 0.906. The topological polar surface area (TPSA) is 64.3 Å². The Bertz CT molecular complexity index is 403. The van der Waals surface area contributed by atoms with Crippen molar-refractivity contribution in [2.75, 3.05) is 24.3 Å². The van der Waals surface area contributed by atoms with Gasteiger partial charge in [0, 0.05) is 18.0 Å². The molecule has 1 amide bonds. The van der Waals surface area contributed by atoms with Crippen LogP contribution in [0.25, 0.3) is 0 Å². The largest absolute Gasteiger partial charge is 0.398 e. The highest BCUT2D eigenvalue weighted by Gasteiger charge is 2.09. The lowest BCUT2D eigenvalue weighted by molar-refractivity contribution is -0.120. The van der Waals surface area contributed by atoms with Crippen molar-refractivity contribution in [3.63, 3.8) is 0 Å². The fraction of sp³-hybridized carbons (Fsp3) is 0.462. The molecule has 0 aliphatic heterocycles. The number of rotatable bonds is 5. The molecule has 0 fully saturated rings. The number of carbonyl (C=O) groups is 1. The minimum Gasteiger partial charge on any atom is -0.398 e. The molecule has 0 aromatic heterocycles. The Labute approximate surface area is 102 Å². The van der Waals surface area contributed by atoms with Crippen molar-refractivity contribution in [3.8, 4) is 0 Å². The van der Waals surface area contributed by atoms with Crippen LogP contribution >= 0.6 is 0 Å². The van der Waals surface area contributed by atoms with Gasteiger partial charge in [0.25, 0.3) is 0 Å². The molecule has 0 spiro atoms. The number of aryl methyl sites for hydroxylation is 1. The van der Waals surface area contributed by atoms with E-state index < -0.39 is 0 Å². The Balaban J connectivity index is 2.68. The third-order valence-corrected chi connectivity index (χ3v) is 2.56. The highest BCUT2D eigenvalue weighted by atomic mass is 16.5. The lowest BCUT2D eigenvalue weighted by atomic mass is 10.1. The Morgan fingerprint density at radius 3 is 2.76 bits per heavy atom. The molecule has 0 heterocycles. The van der Waals surface area contributed by atoms with Crippen LogP contribution in [0.3, 0.4) is 0 Å². The molecule has 0 bridgehead atoms. The second kappa shape index (κ2) is 6.25. The Kier molecular flexibility index (Phi) is 4.97. The molecule has 0 saturated heterocycles. The van der Waals surface area contributed by atoms with Gasteiger partial charge in [-0.25, -0.2) is 0 Å². The number of anilines is 2. The number of nitrogens with one attached hydrogen (secondary N) is 1. The van der Waals surface area contributed by atoms with Crippen molar-refractivity contribution in [2.24, 2.45) is 0 Å². The highest BCUT2D eigenvalue weighted by molar-refractivity contribution is 5.94. The van der Waals surface area contributed by atoms with E-state index in [1.807, 2.05) is 32.9 Å². The molecule has 0 saturated carbocycles. The standard InChI is InChI=1S/C13H20N2O2/c1-4-7-17-8-12(16)15-13-9(2)5-6-11(14)10(13)3/h5-6H,4,7-8,14H2,1-3H3,(H,15,16). The number of ether oxygens (including phenoxy) is 1. The summed E-state index contributed by atoms with van der Waals surface area (Å²) in [7, 11) is 0. The smallest absolute Gasteiger partial charge is 0.250 e. The molecule has 1 aromatic rings. The summed E-state index contributed by atoms with van der Waals surface area (Å²) < 4.78 is 5.18. The molecular formula is C13H20N2O2. The van der Waals surface area contributed by atoms with Crippen LogP contribution in [0.15, 0.2) is 12.1 Å². The van der Waals surface area contributed by atoms with Gasteiger partial charge in [-0.1, -0.05) is 13.0 Å². The number of hydrogen-bond donors (Lipinski definition) is 2. The summed E-state index contributed by atoms with van der Waals surface area (Å²) >= 11 is 0. The third-order valence-electron chi connectivity index (χ3n) is 2.56. The van der Waals surface area contributed by atoms with E-state index >= 15 is 0 Å². The first-order chi connectivity index (χ1) is 8.06. The van der Waals surface area contributed by atoms with Gasteiger partial charge in [0.1, 0.15) is 6.61 Å². The van der Waals surface area contributed by atoms with Crippen LogP contribution in [-0.4, -0.2) is 19.1 Å². The third kappa shape index (κ3) is 3.75. The van der Waals surface area contributed by atoms with E-state index in [1.54, 1.807) is 0 Å². The maximum atomic E-state index is 11.6. The number of nitrogen functional groups attached to an aromatic ring is 1. The second-order valence-corrected chi connectivity index (χ2v) is 4.07. The van der Waals surface area contributed by atoms with Crippen molar-refractivity contribution < 1.29 is 9.53 Å². The van der Waals surface area contributed by atoms with Crippen molar-refractivity contribution in [3.05, 3.63) is 23.3 Å². The summed E-state index contributed by atoms with van der Waals surface area (Å²) in [6, 6.07) is 3.73. The first-order valence-corrected chi connectivity index (χ1v) is 5.79. The molecule has 0 radical (unpaired) electrons. The van der Waals surface area contributed by atoms with Crippen molar-refractivity contribution >= 4 is 17.3 Å². The zero-order valence-corrected chi connectivity index (χ0v) is 10.7. The average Bonchev–Trinajstić information content (AvgIpc) is 2.30. The molecule has 0 aliphatic rings. The van der Waals surface area contributed by atoms with Gasteiger partial charge in [-0.15, -0.1) is 0 Å². The summed E-state index contributed by atoms with van der Waals surface area (Å²) in [6.45, 7) is 6.52. The lowest BCUT2D eigenvalue weighted by Gasteiger charge is -2.13. The first-order valence-electron chi connectivity index (χ1n) is 5.79. The monoisotopic (exact) mass is 236 g/mol. The number of carbonyl (C=O) groups excluding carboxylic acids is 1. The average molecular weight is 236 g/mol. The quantitative estimate of drug-likeness (QED) is 0.608. The van der Waals surface area contributed by atoms with Crippen molar-refractivity contribution in [1.29, 1.82) is 0 Å². The summed E-state index contributed by atoms with van der Waals surface area (Å²) in [5.41, 5.74) is 9.17. The molecular weight excluding hydrogens is 216 g/mol. The van der Waals surface area contributed by atoms with Crippen LogP contribution in [0.4, 0.5) is 11.4 Å². The predicted octanol–water partition coefficient (Wildman–Crippen LogP) is 2.25. The van der Waals surface area contributed by atoms with E-state index in [-0.39, 0.29) is 12.5 Å². The van der Waals surface area contributed by atoms with Crippen LogP contribution < -0.4 is 11.1 Å². The van der Waals surface area contributed by atoms with Crippen LogP contribution in [0.2, 0.25) is 0 Å². The van der Waals surface area contributed by atoms with Gasteiger partial charge in [-0.3, -0.25) is 4.79 Å². The number of amides is 1. The van der Waals surface area contributed by atoms with Gasteiger partial charge in [0.2, 0.25) is 5.91 Å². The fourth-order valence-electron chi connectivity index (χ4n) is 1.54. The zero-order chi connectivity index (χ0) is 12.8. The van der Waals surface area contributed by atoms with Gasteiger partial charge < -0.3 is 15.8 Å². The van der Waals surface area contributed by atoms with E-state index in [2.05, 4.69) is 5.32 Å². The molecule has 17 heavy (non-hydrogen) atoms. The Morgan fingerprint density at radius 1 is 1.41 bits per heavy atom. The van der Waals surface area contributed by atoms with E-state index in [0.717, 1.165) is 23.2 Å². The Morgan fingerprint density at radius 2 is 2.12 bits per heavy atom. The van der Waals surface area contributed by atoms with Crippen LogP contribution in [-0.2, 0) is 9.53 Å². The Hall–Kier alpha value is -1.55. The predicted molar refractivity (Wildman–Crippen MR) is 70.1 cm³/mol. The number of nitrogens with two attached hydrogens (primary N) is 1. The van der Waals surface area contributed by atoms with E-state index in [0.29, 0.717) is 12.3 Å². The SMILES string of the molecule is CCCOCC(=O)Nc1c(C)ccc(N)c1C. The van der Waals surface area contributed by atoms with E-state index in [1.165, 1.54) is 0 Å². The molecule has 0 aliphatic carbocycles. The van der Waals surface area contributed by atoms with Crippen molar-refractivity contribution in [2.45, 2.75) is 27.2 Å². The van der Waals surface area contributed by atoms with Gasteiger partial charge >= 0.3 is 0 Å². The molecule has 0 atom stereocenters.